The molecule has 1 N–H and O–H groups in total. The topological polar surface area (TPSA) is 55.2 Å². The Balaban J connectivity index is 1.98. The van der Waals surface area contributed by atoms with Gasteiger partial charge in [0, 0.05) is 6.42 Å². The van der Waals surface area contributed by atoms with Crippen LogP contribution in [0.5, 0.6) is 5.75 Å². The Morgan fingerprint density at radius 3 is 2.70 bits per heavy atom. The van der Waals surface area contributed by atoms with Gasteiger partial charge in [0.15, 0.2) is 5.82 Å². The van der Waals surface area contributed by atoms with Crippen molar-refractivity contribution in [2.45, 2.75) is 46.0 Å². The van der Waals surface area contributed by atoms with E-state index in [4.69, 9.17) is 17.0 Å². The third-order valence-electron chi connectivity index (χ3n) is 3.41. The fraction of sp³-hybridized carbons (Fsp3) is 0.471. The van der Waals surface area contributed by atoms with Crippen molar-refractivity contribution in [1.29, 1.82) is 0 Å². The van der Waals surface area contributed by atoms with Crippen molar-refractivity contribution < 1.29 is 4.74 Å². The molecule has 0 aliphatic heterocycles. The highest BCUT2D eigenvalue weighted by atomic mass is 32.1. The van der Waals surface area contributed by atoms with Crippen LogP contribution in [-0.4, -0.2) is 27.7 Å². The van der Waals surface area contributed by atoms with Crippen LogP contribution in [0.25, 0.3) is 0 Å². The molecular weight excluding hydrogens is 308 g/mol. The van der Waals surface area contributed by atoms with Crippen molar-refractivity contribution in [3.63, 3.8) is 0 Å². The van der Waals surface area contributed by atoms with Crippen molar-refractivity contribution in [2.24, 2.45) is 5.10 Å². The maximum absolute atomic E-state index is 5.70. The molecule has 0 bridgehead atoms. The smallest absolute Gasteiger partial charge is 0.216 e. The van der Waals surface area contributed by atoms with Crippen molar-refractivity contribution in [3.05, 3.63) is 40.4 Å². The SMILES string of the molecule is CCCCCOc1ccc(/C=N/n2c(CCC)n[nH]c2=S)cc1. The Hall–Kier alpha value is -1.95. The van der Waals surface area contributed by atoms with Crippen molar-refractivity contribution in [1.82, 2.24) is 14.9 Å². The lowest BCUT2D eigenvalue weighted by atomic mass is 10.2. The first-order valence-corrected chi connectivity index (χ1v) is 8.59. The van der Waals surface area contributed by atoms with Crippen LogP contribution in [0, 0.1) is 4.77 Å². The molecule has 0 saturated heterocycles. The van der Waals surface area contributed by atoms with Crippen LogP contribution in [0.1, 0.15) is 50.9 Å². The van der Waals surface area contributed by atoms with E-state index < -0.39 is 0 Å². The molecule has 0 fully saturated rings. The Kier molecular flexibility index (Phi) is 7.00. The predicted molar refractivity (Wildman–Crippen MR) is 95.9 cm³/mol. The monoisotopic (exact) mass is 332 g/mol. The van der Waals surface area contributed by atoms with Gasteiger partial charge in [0.1, 0.15) is 5.75 Å². The molecule has 23 heavy (non-hydrogen) atoms. The average Bonchev–Trinajstić information content (AvgIpc) is 2.91. The Labute approximate surface area is 142 Å². The molecule has 0 radical (unpaired) electrons. The molecular formula is C17H24N4OS. The van der Waals surface area contributed by atoms with Crippen LogP contribution in [-0.2, 0) is 6.42 Å². The lowest BCUT2D eigenvalue weighted by Gasteiger charge is -2.05. The number of aromatic nitrogens is 3. The fourth-order valence-electron chi connectivity index (χ4n) is 2.15. The fourth-order valence-corrected chi connectivity index (χ4v) is 2.34. The van der Waals surface area contributed by atoms with Crippen LogP contribution in [0.15, 0.2) is 29.4 Å². The largest absolute Gasteiger partial charge is 0.494 e. The second kappa shape index (κ2) is 9.25. The molecule has 0 unspecified atom stereocenters. The van der Waals surface area contributed by atoms with Crippen molar-refractivity contribution >= 4 is 18.4 Å². The molecule has 6 heteroatoms. The van der Waals surface area contributed by atoms with Gasteiger partial charge < -0.3 is 4.74 Å². The van der Waals surface area contributed by atoms with E-state index in [2.05, 4.69) is 29.1 Å². The Bertz CT molecular complexity index is 673. The first kappa shape index (κ1) is 17.4. The number of hydrogen-bond acceptors (Lipinski definition) is 4. The molecule has 124 valence electrons. The number of benzene rings is 1. The number of hydrogen-bond donors (Lipinski definition) is 1. The molecule has 0 saturated carbocycles. The minimum atomic E-state index is 0.514. The van der Waals surface area contributed by atoms with E-state index in [9.17, 15) is 0 Å². The van der Waals surface area contributed by atoms with Gasteiger partial charge >= 0.3 is 0 Å². The summed E-state index contributed by atoms with van der Waals surface area (Å²) in [7, 11) is 0. The Morgan fingerprint density at radius 2 is 2.00 bits per heavy atom. The zero-order chi connectivity index (χ0) is 16.5. The molecule has 0 spiro atoms. The van der Waals surface area contributed by atoms with Crippen LogP contribution in [0.2, 0.25) is 0 Å². The van der Waals surface area contributed by atoms with E-state index >= 15 is 0 Å². The van der Waals surface area contributed by atoms with Gasteiger partial charge in [0.05, 0.1) is 12.8 Å². The standard InChI is InChI=1S/C17H24N4OS/c1-3-5-6-12-22-15-10-8-14(9-11-15)13-18-21-16(7-4-2)19-20-17(21)23/h8-11,13H,3-7,12H2,1-2H3,(H,20,23)/b18-13+. The van der Waals surface area contributed by atoms with E-state index in [-0.39, 0.29) is 0 Å². The van der Waals surface area contributed by atoms with E-state index in [1.165, 1.54) is 12.8 Å². The van der Waals surface area contributed by atoms with Gasteiger partial charge in [-0.2, -0.15) is 14.9 Å². The van der Waals surface area contributed by atoms with Gasteiger partial charge in [-0.1, -0.05) is 26.7 Å². The van der Waals surface area contributed by atoms with Gasteiger partial charge in [-0.3, -0.25) is 5.10 Å². The van der Waals surface area contributed by atoms with Crippen molar-refractivity contribution in [2.75, 3.05) is 6.61 Å². The van der Waals surface area contributed by atoms with Crippen molar-refractivity contribution in [3.8, 4) is 5.75 Å². The summed E-state index contributed by atoms with van der Waals surface area (Å²) in [5, 5.41) is 11.4. The zero-order valence-electron chi connectivity index (χ0n) is 13.8. The number of aryl methyl sites for hydroxylation is 1. The zero-order valence-corrected chi connectivity index (χ0v) is 14.6. The quantitative estimate of drug-likeness (QED) is 0.422. The highest BCUT2D eigenvalue weighted by molar-refractivity contribution is 7.71. The van der Waals surface area contributed by atoms with Gasteiger partial charge in [-0.15, -0.1) is 0 Å². The summed E-state index contributed by atoms with van der Waals surface area (Å²) in [6.45, 7) is 5.06. The lowest BCUT2D eigenvalue weighted by molar-refractivity contribution is 0.306. The molecule has 0 amide bonds. The average molecular weight is 332 g/mol. The third-order valence-corrected chi connectivity index (χ3v) is 3.67. The van der Waals surface area contributed by atoms with Gasteiger partial charge in [-0.05, 0) is 54.9 Å². The molecule has 1 aromatic carbocycles. The van der Waals surface area contributed by atoms with E-state index in [1.807, 2.05) is 24.3 Å². The molecule has 1 aromatic heterocycles. The van der Waals surface area contributed by atoms with Gasteiger partial charge in [0.25, 0.3) is 0 Å². The molecule has 0 aliphatic rings. The lowest BCUT2D eigenvalue weighted by Crippen LogP contribution is -1.99. The number of unbranched alkanes of at least 4 members (excludes halogenated alkanes) is 2. The number of aromatic amines is 1. The summed E-state index contributed by atoms with van der Waals surface area (Å²) in [6, 6.07) is 7.91. The first-order valence-electron chi connectivity index (χ1n) is 8.18. The minimum Gasteiger partial charge on any atom is -0.494 e. The summed E-state index contributed by atoms with van der Waals surface area (Å²) in [6.07, 6.45) is 7.13. The minimum absolute atomic E-state index is 0.514. The van der Waals surface area contributed by atoms with Crippen LogP contribution < -0.4 is 4.74 Å². The molecule has 1 heterocycles. The number of rotatable bonds is 9. The van der Waals surface area contributed by atoms with E-state index in [0.29, 0.717) is 4.77 Å². The van der Waals surface area contributed by atoms with E-state index in [1.54, 1.807) is 10.9 Å². The highest BCUT2D eigenvalue weighted by Crippen LogP contribution is 2.12. The van der Waals surface area contributed by atoms with Gasteiger partial charge in [-0.25, -0.2) is 0 Å². The second-order valence-electron chi connectivity index (χ2n) is 5.38. The third kappa shape index (κ3) is 5.32. The predicted octanol–water partition coefficient (Wildman–Crippen LogP) is 4.34. The Morgan fingerprint density at radius 1 is 1.22 bits per heavy atom. The highest BCUT2D eigenvalue weighted by Gasteiger charge is 2.03. The van der Waals surface area contributed by atoms with Crippen LogP contribution in [0.3, 0.4) is 0 Å². The molecule has 2 rings (SSSR count). The maximum Gasteiger partial charge on any atom is 0.216 e. The summed E-state index contributed by atoms with van der Waals surface area (Å²) >= 11 is 5.20. The normalized spacial score (nSPS) is 11.2. The number of H-pyrrole nitrogens is 1. The molecule has 0 atom stereocenters. The first-order chi connectivity index (χ1) is 11.2. The molecule has 2 aromatic rings. The number of ether oxygens (including phenoxy) is 1. The van der Waals surface area contributed by atoms with Crippen LogP contribution in [0.4, 0.5) is 0 Å². The van der Waals surface area contributed by atoms with Crippen LogP contribution >= 0.6 is 12.2 Å². The summed E-state index contributed by atoms with van der Waals surface area (Å²) in [5.74, 6) is 1.74. The maximum atomic E-state index is 5.70. The second-order valence-corrected chi connectivity index (χ2v) is 5.76. The summed E-state index contributed by atoms with van der Waals surface area (Å²) in [4.78, 5) is 0. The number of nitrogens with zero attached hydrogens (tertiary/aromatic N) is 3. The molecule has 5 nitrogen and oxygen atoms in total. The van der Waals surface area contributed by atoms with E-state index in [0.717, 1.165) is 43.0 Å². The van der Waals surface area contributed by atoms with Gasteiger partial charge in [0.2, 0.25) is 4.77 Å². The summed E-state index contributed by atoms with van der Waals surface area (Å²) in [5.41, 5.74) is 0.997. The summed E-state index contributed by atoms with van der Waals surface area (Å²) < 4.78 is 7.89. The number of nitrogens with one attached hydrogen (secondary N) is 1. The molecule has 0 aliphatic carbocycles.